The minimum atomic E-state index is -4.63. The summed E-state index contributed by atoms with van der Waals surface area (Å²) in [4.78, 5) is 25.0. The van der Waals surface area contributed by atoms with Crippen LogP contribution in [0.25, 0.3) is 11.1 Å². The molecule has 35 heavy (non-hydrogen) atoms. The summed E-state index contributed by atoms with van der Waals surface area (Å²) >= 11 is 0. The molecule has 0 aliphatic heterocycles. The molecular formula is C26H23F4NO4. The van der Waals surface area contributed by atoms with Gasteiger partial charge in [0, 0.05) is 13.1 Å². The SMILES string of the molecule is CCN(Cc1cc(C(F)(F)F)ccc1-c1cc(F)cc(CC(=O)O)c1)C(=O)OCc1ccccc1. The number of carboxylic acid groups (broad SMARTS) is 1. The van der Waals surface area contributed by atoms with Gasteiger partial charge in [-0.3, -0.25) is 4.79 Å². The average Bonchev–Trinajstić information content (AvgIpc) is 2.80. The van der Waals surface area contributed by atoms with Crippen molar-refractivity contribution < 1.29 is 37.0 Å². The Balaban J connectivity index is 1.95. The lowest BCUT2D eigenvalue weighted by atomic mass is 9.95. The molecule has 5 nitrogen and oxygen atoms in total. The quantitative estimate of drug-likeness (QED) is 0.377. The zero-order chi connectivity index (χ0) is 25.6. The molecule has 0 bridgehead atoms. The van der Waals surface area contributed by atoms with Crippen LogP contribution < -0.4 is 0 Å². The predicted octanol–water partition coefficient (Wildman–Crippen LogP) is 6.30. The molecule has 3 aromatic rings. The van der Waals surface area contributed by atoms with Gasteiger partial charge in [-0.2, -0.15) is 13.2 Å². The highest BCUT2D eigenvalue weighted by Gasteiger charge is 2.31. The molecule has 1 N–H and O–H groups in total. The number of carboxylic acids is 1. The van der Waals surface area contributed by atoms with E-state index in [-0.39, 0.29) is 42.0 Å². The summed E-state index contributed by atoms with van der Waals surface area (Å²) in [6, 6.07) is 15.5. The number of ether oxygens (including phenoxy) is 1. The standard InChI is InChI=1S/C26H23F4NO4/c1-2-31(25(34)35-16-17-6-4-3-5-7-17)15-20-13-21(26(28,29)30)8-9-23(20)19-10-18(12-24(32)33)11-22(27)14-19/h3-11,13-14H,2,12,15-16H2,1H3,(H,32,33). The zero-order valence-corrected chi connectivity index (χ0v) is 18.8. The third-order valence-corrected chi connectivity index (χ3v) is 5.26. The van der Waals surface area contributed by atoms with E-state index in [0.29, 0.717) is 0 Å². The van der Waals surface area contributed by atoms with Crippen LogP contribution in [-0.2, 0) is 35.3 Å². The number of benzene rings is 3. The number of rotatable bonds is 8. The molecule has 0 radical (unpaired) electrons. The molecule has 0 aliphatic rings. The molecule has 0 heterocycles. The minimum absolute atomic E-state index is 0.00589. The highest BCUT2D eigenvalue weighted by atomic mass is 19.4. The zero-order valence-electron chi connectivity index (χ0n) is 18.8. The number of amides is 1. The van der Waals surface area contributed by atoms with E-state index in [0.717, 1.165) is 29.8 Å². The molecule has 0 spiro atoms. The molecule has 0 aromatic heterocycles. The molecule has 3 rings (SSSR count). The Labute approximate surface area is 199 Å². The normalized spacial score (nSPS) is 11.2. The maximum Gasteiger partial charge on any atom is 0.416 e. The highest BCUT2D eigenvalue weighted by molar-refractivity contribution is 5.74. The average molecular weight is 489 g/mol. The summed E-state index contributed by atoms with van der Waals surface area (Å²) in [5, 5.41) is 9.04. The summed E-state index contributed by atoms with van der Waals surface area (Å²) in [5.41, 5.74) is 0.560. The van der Waals surface area contributed by atoms with Gasteiger partial charge in [0.2, 0.25) is 0 Å². The van der Waals surface area contributed by atoms with Gasteiger partial charge in [-0.25, -0.2) is 9.18 Å². The van der Waals surface area contributed by atoms with Crippen LogP contribution in [0, 0.1) is 5.82 Å². The third kappa shape index (κ3) is 7.05. The fourth-order valence-electron chi connectivity index (χ4n) is 3.59. The number of halogens is 4. The van der Waals surface area contributed by atoms with Gasteiger partial charge in [-0.05, 0) is 59.0 Å². The van der Waals surface area contributed by atoms with Gasteiger partial charge >= 0.3 is 18.2 Å². The second-order valence-corrected chi connectivity index (χ2v) is 7.84. The largest absolute Gasteiger partial charge is 0.481 e. The third-order valence-electron chi connectivity index (χ3n) is 5.26. The lowest BCUT2D eigenvalue weighted by Crippen LogP contribution is -2.31. The van der Waals surface area contributed by atoms with Crippen LogP contribution in [0.1, 0.15) is 29.2 Å². The van der Waals surface area contributed by atoms with Crippen molar-refractivity contribution in [2.45, 2.75) is 32.7 Å². The lowest BCUT2D eigenvalue weighted by molar-refractivity contribution is -0.138. The van der Waals surface area contributed by atoms with Crippen molar-refractivity contribution >= 4 is 12.1 Å². The molecule has 0 fully saturated rings. The van der Waals surface area contributed by atoms with Gasteiger partial charge in [0.25, 0.3) is 0 Å². The van der Waals surface area contributed by atoms with Crippen molar-refractivity contribution in [3.05, 3.63) is 94.8 Å². The van der Waals surface area contributed by atoms with E-state index in [1.165, 1.54) is 17.0 Å². The van der Waals surface area contributed by atoms with Gasteiger partial charge in [0.05, 0.1) is 12.0 Å². The number of hydrogen-bond donors (Lipinski definition) is 1. The van der Waals surface area contributed by atoms with Gasteiger partial charge in [0.15, 0.2) is 0 Å². The number of alkyl halides is 3. The van der Waals surface area contributed by atoms with E-state index >= 15 is 0 Å². The van der Waals surface area contributed by atoms with E-state index < -0.39 is 36.0 Å². The van der Waals surface area contributed by atoms with Crippen LogP contribution in [0.5, 0.6) is 0 Å². The smallest absolute Gasteiger partial charge is 0.416 e. The Morgan fingerprint density at radius 3 is 2.31 bits per heavy atom. The van der Waals surface area contributed by atoms with E-state index in [4.69, 9.17) is 9.84 Å². The fourth-order valence-corrected chi connectivity index (χ4v) is 3.59. The van der Waals surface area contributed by atoms with Crippen LogP contribution in [0.4, 0.5) is 22.4 Å². The van der Waals surface area contributed by atoms with E-state index in [9.17, 15) is 27.2 Å². The molecule has 0 aliphatic carbocycles. The van der Waals surface area contributed by atoms with Crippen molar-refractivity contribution in [2.75, 3.05) is 6.54 Å². The molecule has 0 saturated heterocycles. The fraction of sp³-hybridized carbons (Fsp3) is 0.231. The summed E-state index contributed by atoms with van der Waals surface area (Å²) in [6.07, 6.45) is -5.80. The molecule has 3 aromatic carbocycles. The molecule has 0 atom stereocenters. The van der Waals surface area contributed by atoms with Crippen LogP contribution in [0.15, 0.2) is 66.7 Å². The Bertz CT molecular complexity index is 1200. The van der Waals surface area contributed by atoms with Crippen molar-refractivity contribution in [1.29, 1.82) is 0 Å². The van der Waals surface area contributed by atoms with Crippen molar-refractivity contribution in [3.63, 3.8) is 0 Å². The van der Waals surface area contributed by atoms with Crippen molar-refractivity contribution in [1.82, 2.24) is 4.90 Å². The molecule has 184 valence electrons. The van der Waals surface area contributed by atoms with E-state index in [1.54, 1.807) is 31.2 Å². The first-order valence-corrected chi connectivity index (χ1v) is 10.7. The number of nitrogens with zero attached hydrogens (tertiary/aromatic N) is 1. The predicted molar refractivity (Wildman–Crippen MR) is 121 cm³/mol. The monoisotopic (exact) mass is 489 g/mol. The maximum atomic E-state index is 14.2. The van der Waals surface area contributed by atoms with Gasteiger partial charge in [0.1, 0.15) is 12.4 Å². The molecule has 1 amide bonds. The lowest BCUT2D eigenvalue weighted by Gasteiger charge is -2.23. The molecular weight excluding hydrogens is 466 g/mol. The number of aliphatic carboxylic acids is 1. The topological polar surface area (TPSA) is 66.8 Å². The summed E-state index contributed by atoms with van der Waals surface area (Å²) < 4.78 is 59.8. The second-order valence-electron chi connectivity index (χ2n) is 7.84. The number of carbonyl (C=O) groups excluding carboxylic acids is 1. The van der Waals surface area contributed by atoms with Gasteiger partial charge < -0.3 is 14.7 Å². The number of carbonyl (C=O) groups is 2. The van der Waals surface area contributed by atoms with Crippen molar-refractivity contribution in [3.8, 4) is 11.1 Å². The Morgan fingerprint density at radius 1 is 0.971 bits per heavy atom. The summed E-state index contributed by atoms with van der Waals surface area (Å²) in [6.45, 7) is 1.57. The number of hydrogen-bond acceptors (Lipinski definition) is 3. The molecule has 9 heteroatoms. The summed E-state index contributed by atoms with van der Waals surface area (Å²) in [7, 11) is 0. The van der Waals surface area contributed by atoms with E-state index in [1.807, 2.05) is 6.07 Å². The van der Waals surface area contributed by atoms with Crippen LogP contribution >= 0.6 is 0 Å². The van der Waals surface area contributed by atoms with Gasteiger partial charge in [-0.1, -0.05) is 42.5 Å². The first-order valence-electron chi connectivity index (χ1n) is 10.7. The molecule has 0 saturated carbocycles. The van der Waals surface area contributed by atoms with E-state index in [2.05, 4.69) is 0 Å². The maximum absolute atomic E-state index is 14.2. The molecule has 0 unspecified atom stereocenters. The Kier molecular flexibility index (Phi) is 8.11. The second kappa shape index (κ2) is 11.0. The summed E-state index contributed by atoms with van der Waals surface area (Å²) in [5.74, 6) is -1.90. The highest BCUT2D eigenvalue weighted by Crippen LogP contribution is 2.34. The van der Waals surface area contributed by atoms with Crippen LogP contribution in [-0.4, -0.2) is 28.6 Å². The van der Waals surface area contributed by atoms with Crippen molar-refractivity contribution in [2.24, 2.45) is 0 Å². The minimum Gasteiger partial charge on any atom is -0.481 e. The van der Waals surface area contributed by atoms with Crippen LogP contribution in [0.2, 0.25) is 0 Å². The van der Waals surface area contributed by atoms with Crippen LogP contribution in [0.3, 0.4) is 0 Å². The first-order chi connectivity index (χ1) is 16.6. The van der Waals surface area contributed by atoms with Gasteiger partial charge in [-0.15, -0.1) is 0 Å². The Morgan fingerprint density at radius 2 is 1.69 bits per heavy atom. The Hall–Kier alpha value is -3.88. The first kappa shape index (κ1) is 25.7.